The molecule has 1 fully saturated rings. The molecule has 1 aliphatic rings. The van der Waals surface area contributed by atoms with Gasteiger partial charge in [-0.15, -0.1) is 0 Å². The highest BCUT2D eigenvalue weighted by molar-refractivity contribution is 7.99. The second-order valence-electron chi connectivity index (χ2n) is 4.34. The third-order valence-electron chi connectivity index (χ3n) is 3.03. The summed E-state index contributed by atoms with van der Waals surface area (Å²) in [5, 5.41) is 7.39. The minimum atomic E-state index is 0.128. The SMILES string of the molecule is CCNC(C)c1nc(C2CSCCN2C)no1. The average Bonchev–Trinajstić information content (AvgIpc) is 2.79. The minimum Gasteiger partial charge on any atom is -0.338 e. The maximum Gasteiger partial charge on any atom is 0.243 e. The van der Waals surface area contributed by atoms with E-state index in [4.69, 9.17) is 4.52 Å². The molecule has 2 heterocycles. The topological polar surface area (TPSA) is 54.2 Å². The van der Waals surface area contributed by atoms with Crippen LogP contribution in [0.3, 0.4) is 0 Å². The van der Waals surface area contributed by atoms with Gasteiger partial charge in [-0.05, 0) is 20.5 Å². The van der Waals surface area contributed by atoms with Crippen LogP contribution in [0.25, 0.3) is 0 Å². The molecule has 5 nitrogen and oxygen atoms in total. The van der Waals surface area contributed by atoms with Crippen LogP contribution in [0.15, 0.2) is 4.52 Å². The van der Waals surface area contributed by atoms with E-state index in [1.165, 1.54) is 5.75 Å². The summed E-state index contributed by atoms with van der Waals surface area (Å²) in [6.07, 6.45) is 0. The molecule has 17 heavy (non-hydrogen) atoms. The van der Waals surface area contributed by atoms with Crippen molar-refractivity contribution >= 4 is 11.8 Å². The zero-order valence-corrected chi connectivity index (χ0v) is 11.5. The van der Waals surface area contributed by atoms with Gasteiger partial charge in [0.05, 0.1) is 12.1 Å². The van der Waals surface area contributed by atoms with Crippen LogP contribution in [-0.4, -0.2) is 46.7 Å². The molecule has 0 aliphatic carbocycles. The van der Waals surface area contributed by atoms with Gasteiger partial charge in [0.15, 0.2) is 5.82 Å². The third-order valence-corrected chi connectivity index (χ3v) is 4.06. The lowest BCUT2D eigenvalue weighted by molar-refractivity contribution is 0.255. The highest BCUT2D eigenvalue weighted by Crippen LogP contribution is 2.26. The molecular formula is C11H20N4OS. The van der Waals surface area contributed by atoms with E-state index in [9.17, 15) is 0 Å². The molecule has 2 rings (SSSR count). The van der Waals surface area contributed by atoms with Gasteiger partial charge in [0.1, 0.15) is 0 Å². The molecule has 1 aromatic heterocycles. The summed E-state index contributed by atoms with van der Waals surface area (Å²) < 4.78 is 5.32. The summed E-state index contributed by atoms with van der Waals surface area (Å²) in [5.74, 6) is 3.74. The highest BCUT2D eigenvalue weighted by atomic mass is 32.2. The van der Waals surface area contributed by atoms with Crippen molar-refractivity contribution in [2.75, 3.05) is 31.6 Å². The minimum absolute atomic E-state index is 0.128. The number of thioether (sulfide) groups is 1. The fourth-order valence-electron chi connectivity index (χ4n) is 1.91. The molecule has 1 aromatic rings. The fourth-order valence-corrected chi connectivity index (χ4v) is 3.12. The van der Waals surface area contributed by atoms with Gasteiger partial charge < -0.3 is 9.84 Å². The molecule has 2 unspecified atom stereocenters. The number of rotatable bonds is 4. The normalized spacial score (nSPS) is 23.8. The molecule has 0 amide bonds. The molecule has 0 radical (unpaired) electrons. The molecule has 0 saturated carbocycles. The van der Waals surface area contributed by atoms with Gasteiger partial charge in [-0.3, -0.25) is 4.90 Å². The Kier molecular flexibility index (Phi) is 4.42. The van der Waals surface area contributed by atoms with E-state index >= 15 is 0 Å². The van der Waals surface area contributed by atoms with Crippen LogP contribution in [0.4, 0.5) is 0 Å². The Morgan fingerprint density at radius 1 is 1.65 bits per heavy atom. The Bertz CT molecular complexity index is 357. The number of nitrogens with zero attached hydrogens (tertiary/aromatic N) is 3. The first kappa shape index (κ1) is 12.9. The first-order chi connectivity index (χ1) is 8.22. The Hall–Kier alpha value is -0.590. The van der Waals surface area contributed by atoms with Crippen molar-refractivity contribution in [3.63, 3.8) is 0 Å². The zero-order chi connectivity index (χ0) is 12.3. The van der Waals surface area contributed by atoms with Gasteiger partial charge >= 0.3 is 0 Å². The maximum atomic E-state index is 5.32. The van der Waals surface area contributed by atoms with Crippen molar-refractivity contribution in [2.45, 2.75) is 25.9 Å². The predicted molar refractivity (Wildman–Crippen MR) is 69.1 cm³/mol. The van der Waals surface area contributed by atoms with Crippen LogP contribution in [0.2, 0.25) is 0 Å². The monoisotopic (exact) mass is 256 g/mol. The van der Waals surface area contributed by atoms with E-state index in [0.29, 0.717) is 11.9 Å². The van der Waals surface area contributed by atoms with Crippen LogP contribution in [0.1, 0.15) is 37.6 Å². The molecule has 0 spiro atoms. The van der Waals surface area contributed by atoms with E-state index in [1.54, 1.807) is 0 Å². The standard InChI is InChI=1S/C11H20N4OS/c1-4-12-8(2)11-13-10(14-16-11)9-7-17-6-5-15(9)3/h8-9,12H,4-7H2,1-3H3. The molecule has 1 aliphatic heterocycles. The van der Waals surface area contributed by atoms with E-state index in [-0.39, 0.29) is 6.04 Å². The van der Waals surface area contributed by atoms with Gasteiger partial charge in [0.25, 0.3) is 0 Å². The van der Waals surface area contributed by atoms with Crippen LogP contribution in [0.5, 0.6) is 0 Å². The first-order valence-electron chi connectivity index (χ1n) is 6.07. The molecule has 6 heteroatoms. The van der Waals surface area contributed by atoms with Crippen LogP contribution < -0.4 is 5.32 Å². The van der Waals surface area contributed by atoms with Gasteiger partial charge in [-0.2, -0.15) is 16.7 Å². The van der Waals surface area contributed by atoms with Gasteiger partial charge in [0.2, 0.25) is 5.89 Å². The Balaban J connectivity index is 2.06. The number of aromatic nitrogens is 2. The summed E-state index contributed by atoms with van der Waals surface area (Å²) in [6.45, 7) is 6.10. The first-order valence-corrected chi connectivity index (χ1v) is 7.22. The maximum absolute atomic E-state index is 5.32. The smallest absolute Gasteiger partial charge is 0.243 e. The Morgan fingerprint density at radius 2 is 2.47 bits per heavy atom. The van der Waals surface area contributed by atoms with E-state index in [2.05, 4.69) is 34.3 Å². The Morgan fingerprint density at radius 3 is 3.18 bits per heavy atom. The van der Waals surface area contributed by atoms with E-state index in [1.807, 2.05) is 18.7 Å². The van der Waals surface area contributed by atoms with E-state index < -0.39 is 0 Å². The Labute approximate surface area is 106 Å². The lowest BCUT2D eigenvalue weighted by atomic mass is 10.2. The number of hydrogen-bond donors (Lipinski definition) is 1. The van der Waals surface area contributed by atoms with Crippen molar-refractivity contribution in [3.8, 4) is 0 Å². The van der Waals surface area contributed by atoms with Crippen LogP contribution in [0, 0.1) is 0 Å². The summed E-state index contributed by atoms with van der Waals surface area (Å²) in [7, 11) is 2.12. The van der Waals surface area contributed by atoms with Crippen LogP contribution in [-0.2, 0) is 0 Å². The molecule has 96 valence electrons. The van der Waals surface area contributed by atoms with Crippen LogP contribution >= 0.6 is 11.8 Å². The zero-order valence-electron chi connectivity index (χ0n) is 10.6. The predicted octanol–water partition coefficient (Wildman–Crippen LogP) is 1.46. The summed E-state index contributed by atoms with van der Waals surface area (Å²) >= 11 is 1.95. The third kappa shape index (κ3) is 3.00. The number of hydrogen-bond acceptors (Lipinski definition) is 6. The van der Waals surface area contributed by atoms with Crippen molar-refractivity contribution in [1.29, 1.82) is 0 Å². The molecule has 2 atom stereocenters. The quantitative estimate of drug-likeness (QED) is 0.880. The van der Waals surface area contributed by atoms with Gasteiger partial charge in [-0.25, -0.2) is 0 Å². The summed E-state index contributed by atoms with van der Waals surface area (Å²) in [6, 6.07) is 0.419. The van der Waals surface area contributed by atoms with Crippen molar-refractivity contribution in [1.82, 2.24) is 20.4 Å². The van der Waals surface area contributed by atoms with Crippen molar-refractivity contribution in [2.24, 2.45) is 0 Å². The van der Waals surface area contributed by atoms with Gasteiger partial charge in [0, 0.05) is 18.1 Å². The second-order valence-corrected chi connectivity index (χ2v) is 5.49. The molecule has 0 aromatic carbocycles. The van der Waals surface area contributed by atoms with Gasteiger partial charge in [-0.1, -0.05) is 12.1 Å². The second kappa shape index (κ2) is 5.84. The molecule has 0 bridgehead atoms. The lowest BCUT2D eigenvalue weighted by Crippen LogP contribution is -2.33. The number of nitrogens with one attached hydrogen (secondary N) is 1. The average molecular weight is 256 g/mol. The van der Waals surface area contributed by atoms with E-state index in [0.717, 1.165) is 24.7 Å². The molecule has 1 saturated heterocycles. The fraction of sp³-hybridized carbons (Fsp3) is 0.818. The molecular weight excluding hydrogens is 236 g/mol. The summed E-state index contributed by atoms with van der Waals surface area (Å²) in [4.78, 5) is 6.80. The van der Waals surface area contributed by atoms with Crippen molar-refractivity contribution < 1.29 is 4.52 Å². The highest BCUT2D eigenvalue weighted by Gasteiger charge is 2.26. The lowest BCUT2D eigenvalue weighted by Gasteiger charge is -2.29. The van der Waals surface area contributed by atoms with Crippen molar-refractivity contribution in [3.05, 3.63) is 11.7 Å². The largest absolute Gasteiger partial charge is 0.338 e. The summed E-state index contributed by atoms with van der Waals surface area (Å²) in [5.41, 5.74) is 0. The molecule has 1 N–H and O–H groups in total.